The maximum Gasteiger partial charge on any atom is 0.305 e. The Bertz CT molecular complexity index is 261. The van der Waals surface area contributed by atoms with Gasteiger partial charge in [-0.1, -0.05) is 13.3 Å². The third-order valence-corrected chi connectivity index (χ3v) is 2.86. The van der Waals surface area contributed by atoms with Crippen molar-refractivity contribution >= 4 is 5.97 Å². The number of carbonyl (C=O) groups is 1. The second-order valence-corrected chi connectivity index (χ2v) is 4.54. The van der Waals surface area contributed by atoms with Gasteiger partial charge in [-0.3, -0.25) is 4.79 Å². The SMILES string of the molecule is CCOC(=O)CCCCCN(CC)CC(C)C#N. The predicted molar refractivity (Wildman–Crippen MR) is 72.0 cm³/mol. The number of unbranched alkanes of at least 4 members (excludes halogenated alkanes) is 2. The Morgan fingerprint density at radius 3 is 2.61 bits per heavy atom. The summed E-state index contributed by atoms with van der Waals surface area (Å²) in [5, 5.41) is 8.77. The van der Waals surface area contributed by atoms with E-state index in [1.807, 2.05) is 13.8 Å². The number of nitriles is 1. The number of carbonyl (C=O) groups excluding carboxylic acids is 1. The summed E-state index contributed by atoms with van der Waals surface area (Å²) >= 11 is 0. The van der Waals surface area contributed by atoms with Crippen molar-refractivity contribution in [2.24, 2.45) is 5.92 Å². The molecule has 0 bridgehead atoms. The number of rotatable bonds is 10. The summed E-state index contributed by atoms with van der Waals surface area (Å²) in [6.07, 6.45) is 3.53. The van der Waals surface area contributed by atoms with Crippen LogP contribution in [-0.2, 0) is 9.53 Å². The van der Waals surface area contributed by atoms with E-state index < -0.39 is 0 Å². The number of ether oxygens (including phenoxy) is 1. The predicted octanol–water partition coefficient (Wildman–Crippen LogP) is 2.59. The lowest BCUT2D eigenvalue weighted by molar-refractivity contribution is -0.143. The Morgan fingerprint density at radius 1 is 1.33 bits per heavy atom. The van der Waals surface area contributed by atoms with Gasteiger partial charge in [0.15, 0.2) is 0 Å². The maximum absolute atomic E-state index is 11.1. The van der Waals surface area contributed by atoms with Crippen molar-refractivity contribution in [1.29, 1.82) is 5.26 Å². The summed E-state index contributed by atoms with van der Waals surface area (Å²) < 4.78 is 4.87. The molecule has 0 fully saturated rings. The van der Waals surface area contributed by atoms with Crippen molar-refractivity contribution in [3.8, 4) is 6.07 Å². The molecular formula is C14H26N2O2. The molecule has 0 aromatic carbocycles. The van der Waals surface area contributed by atoms with Crippen LogP contribution in [0.25, 0.3) is 0 Å². The fraction of sp³-hybridized carbons (Fsp3) is 0.857. The molecule has 104 valence electrons. The number of hydrogen-bond donors (Lipinski definition) is 0. The molecule has 0 rings (SSSR count). The van der Waals surface area contributed by atoms with E-state index in [0.717, 1.165) is 38.9 Å². The lowest BCUT2D eigenvalue weighted by atomic mass is 10.1. The van der Waals surface area contributed by atoms with Crippen molar-refractivity contribution in [2.45, 2.75) is 46.5 Å². The summed E-state index contributed by atoms with van der Waals surface area (Å²) in [4.78, 5) is 13.4. The second-order valence-electron chi connectivity index (χ2n) is 4.54. The Balaban J connectivity index is 3.57. The average Bonchev–Trinajstić information content (AvgIpc) is 2.36. The third kappa shape index (κ3) is 9.00. The van der Waals surface area contributed by atoms with Gasteiger partial charge in [-0.05, 0) is 39.8 Å². The van der Waals surface area contributed by atoms with Gasteiger partial charge >= 0.3 is 5.97 Å². The quantitative estimate of drug-likeness (QED) is 0.444. The molecule has 4 nitrogen and oxygen atoms in total. The van der Waals surface area contributed by atoms with Gasteiger partial charge < -0.3 is 9.64 Å². The van der Waals surface area contributed by atoms with Gasteiger partial charge in [-0.15, -0.1) is 0 Å². The first-order valence-corrected chi connectivity index (χ1v) is 6.91. The molecule has 18 heavy (non-hydrogen) atoms. The molecule has 0 radical (unpaired) electrons. The molecular weight excluding hydrogens is 228 g/mol. The van der Waals surface area contributed by atoms with Crippen LogP contribution in [0.2, 0.25) is 0 Å². The molecule has 0 saturated heterocycles. The number of esters is 1. The van der Waals surface area contributed by atoms with E-state index in [0.29, 0.717) is 13.0 Å². The topological polar surface area (TPSA) is 53.3 Å². The van der Waals surface area contributed by atoms with Gasteiger partial charge in [0.2, 0.25) is 0 Å². The van der Waals surface area contributed by atoms with Crippen LogP contribution in [0.4, 0.5) is 0 Å². The highest BCUT2D eigenvalue weighted by atomic mass is 16.5. The van der Waals surface area contributed by atoms with Crippen molar-refractivity contribution < 1.29 is 9.53 Å². The molecule has 0 saturated carbocycles. The van der Waals surface area contributed by atoms with E-state index in [4.69, 9.17) is 10.00 Å². The van der Waals surface area contributed by atoms with Crippen molar-refractivity contribution in [2.75, 3.05) is 26.2 Å². The molecule has 1 atom stereocenters. The van der Waals surface area contributed by atoms with Crippen molar-refractivity contribution in [3.63, 3.8) is 0 Å². The zero-order valence-corrected chi connectivity index (χ0v) is 11.9. The van der Waals surface area contributed by atoms with Gasteiger partial charge in [-0.25, -0.2) is 0 Å². The number of hydrogen-bond acceptors (Lipinski definition) is 4. The summed E-state index contributed by atoms with van der Waals surface area (Å²) in [6, 6.07) is 2.26. The summed E-state index contributed by atoms with van der Waals surface area (Å²) in [7, 11) is 0. The minimum Gasteiger partial charge on any atom is -0.466 e. The molecule has 1 unspecified atom stereocenters. The first kappa shape index (κ1) is 16.9. The summed E-state index contributed by atoms with van der Waals surface area (Å²) in [6.45, 7) is 9.17. The summed E-state index contributed by atoms with van der Waals surface area (Å²) in [5.41, 5.74) is 0. The van der Waals surface area contributed by atoms with E-state index in [1.165, 1.54) is 0 Å². The highest BCUT2D eigenvalue weighted by Crippen LogP contribution is 2.05. The van der Waals surface area contributed by atoms with Crippen LogP contribution in [0.1, 0.15) is 46.5 Å². The van der Waals surface area contributed by atoms with E-state index in [9.17, 15) is 4.79 Å². The standard InChI is InChI=1S/C14H26N2O2/c1-4-16(12-13(3)11-15)10-8-6-7-9-14(17)18-5-2/h13H,4-10,12H2,1-3H3. The fourth-order valence-electron chi connectivity index (χ4n) is 1.82. The molecule has 0 aliphatic carbocycles. The zero-order chi connectivity index (χ0) is 13.8. The molecule has 0 heterocycles. The van der Waals surface area contributed by atoms with Gasteiger partial charge in [0.1, 0.15) is 0 Å². The van der Waals surface area contributed by atoms with Gasteiger partial charge in [0.25, 0.3) is 0 Å². The monoisotopic (exact) mass is 254 g/mol. The molecule has 0 aromatic heterocycles. The van der Waals surface area contributed by atoms with Crippen LogP contribution >= 0.6 is 0 Å². The molecule has 0 aliphatic heterocycles. The van der Waals surface area contributed by atoms with E-state index in [-0.39, 0.29) is 11.9 Å². The molecule has 0 amide bonds. The molecule has 0 aromatic rings. The van der Waals surface area contributed by atoms with Gasteiger partial charge in [-0.2, -0.15) is 5.26 Å². The van der Waals surface area contributed by atoms with E-state index in [1.54, 1.807) is 0 Å². The second kappa shape index (κ2) is 11.0. The Morgan fingerprint density at radius 2 is 2.06 bits per heavy atom. The van der Waals surface area contributed by atoms with E-state index >= 15 is 0 Å². The Kier molecular flexibility index (Phi) is 10.4. The Hall–Kier alpha value is -1.08. The molecule has 4 heteroatoms. The number of nitrogens with zero attached hydrogens (tertiary/aromatic N) is 2. The molecule has 0 spiro atoms. The smallest absolute Gasteiger partial charge is 0.305 e. The van der Waals surface area contributed by atoms with Crippen molar-refractivity contribution in [3.05, 3.63) is 0 Å². The van der Waals surface area contributed by atoms with Crippen LogP contribution in [0.5, 0.6) is 0 Å². The highest BCUT2D eigenvalue weighted by Gasteiger charge is 2.07. The van der Waals surface area contributed by atoms with Crippen LogP contribution in [0.3, 0.4) is 0 Å². The zero-order valence-electron chi connectivity index (χ0n) is 11.9. The third-order valence-electron chi connectivity index (χ3n) is 2.86. The van der Waals surface area contributed by atoms with Gasteiger partial charge in [0, 0.05) is 13.0 Å². The van der Waals surface area contributed by atoms with E-state index in [2.05, 4.69) is 17.9 Å². The highest BCUT2D eigenvalue weighted by molar-refractivity contribution is 5.69. The fourth-order valence-corrected chi connectivity index (χ4v) is 1.82. The first-order chi connectivity index (χ1) is 8.63. The average molecular weight is 254 g/mol. The molecule has 0 aliphatic rings. The largest absolute Gasteiger partial charge is 0.466 e. The minimum atomic E-state index is -0.0945. The van der Waals surface area contributed by atoms with Crippen LogP contribution < -0.4 is 0 Å². The normalized spacial score (nSPS) is 12.2. The molecule has 0 N–H and O–H groups in total. The van der Waals surface area contributed by atoms with Crippen molar-refractivity contribution in [1.82, 2.24) is 4.90 Å². The minimum absolute atomic E-state index is 0.0875. The van der Waals surface area contributed by atoms with Crippen LogP contribution in [0, 0.1) is 17.2 Å². The van der Waals surface area contributed by atoms with Crippen LogP contribution in [0.15, 0.2) is 0 Å². The lowest BCUT2D eigenvalue weighted by Crippen LogP contribution is -2.29. The summed E-state index contributed by atoms with van der Waals surface area (Å²) in [5.74, 6) is -0.00701. The lowest BCUT2D eigenvalue weighted by Gasteiger charge is -2.21. The Labute approximate surface area is 111 Å². The maximum atomic E-state index is 11.1. The van der Waals surface area contributed by atoms with Crippen LogP contribution in [-0.4, -0.2) is 37.1 Å². The first-order valence-electron chi connectivity index (χ1n) is 6.91. The van der Waals surface area contributed by atoms with Gasteiger partial charge in [0.05, 0.1) is 18.6 Å².